The van der Waals surface area contributed by atoms with Gasteiger partial charge in [-0.05, 0) is 25.0 Å². The first-order chi connectivity index (χ1) is 6.53. The molecule has 4 heteroatoms. The highest BCUT2D eigenvalue weighted by Crippen LogP contribution is 2.45. The lowest BCUT2D eigenvalue weighted by atomic mass is 10.0. The fourth-order valence-electron chi connectivity index (χ4n) is 1.45. The smallest absolute Gasteiger partial charge is 0.0983 e. The molecule has 1 aliphatic carbocycles. The predicted octanol–water partition coefficient (Wildman–Crippen LogP) is 2.52. The minimum atomic E-state index is -0.688. The Kier molecular flexibility index (Phi) is 2.48. The Hall–Kier alpha value is -0.280. The number of aliphatic hydroxyl groups excluding tert-OH is 1. The van der Waals surface area contributed by atoms with Crippen molar-refractivity contribution < 1.29 is 5.11 Å². The van der Waals surface area contributed by atoms with Crippen LogP contribution in [0.5, 0.6) is 0 Å². The molecular weight excluding hydrogens is 221 g/mol. The number of benzene rings is 1. The number of hydrogen-bond acceptors (Lipinski definition) is 2. The van der Waals surface area contributed by atoms with Gasteiger partial charge in [-0.3, -0.25) is 0 Å². The molecule has 1 saturated carbocycles. The van der Waals surface area contributed by atoms with Gasteiger partial charge >= 0.3 is 0 Å². The minimum absolute atomic E-state index is 0.474. The number of halogens is 2. The van der Waals surface area contributed by atoms with Crippen LogP contribution in [0.1, 0.15) is 24.5 Å². The summed E-state index contributed by atoms with van der Waals surface area (Å²) < 4.78 is 0. The molecule has 1 aliphatic rings. The quantitative estimate of drug-likeness (QED) is 0.822. The van der Waals surface area contributed by atoms with Crippen molar-refractivity contribution >= 4 is 23.2 Å². The molecule has 0 saturated heterocycles. The van der Waals surface area contributed by atoms with Crippen LogP contribution in [-0.4, -0.2) is 10.6 Å². The van der Waals surface area contributed by atoms with E-state index in [4.69, 9.17) is 28.9 Å². The van der Waals surface area contributed by atoms with E-state index < -0.39 is 11.6 Å². The van der Waals surface area contributed by atoms with E-state index in [1.54, 1.807) is 18.2 Å². The Labute approximate surface area is 92.6 Å². The van der Waals surface area contributed by atoms with Gasteiger partial charge in [0.05, 0.1) is 6.10 Å². The second-order valence-electron chi connectivity index (χ2n) is 3.80. The van der Waals surface area contributed by atoms with Crippen LogP contribution in [0.3, 0.4) is 0 Å². The summed E-state index contributed by atoms with van der Waals surface area (Å²) in [5.74, 6) is 0. The van der Waals surface area contributed by atoms with E-state index in [-0.39, 0.29) is 0 Å². The van der Waals surface area contributed by atoms with Crippen molar-refractivity contribution in [3.63, 3.8) is 0 Å². The molecule has 0 bridgehead atoms. The van der Waals surface area contributed by atoms with Gasteiger partial charge in [0.2, 0.25) is 0 Å². The molecule has 1 aromatic rings. The zero-order chi connectivity index (χ0) is 10.3. The van der Waals surface area contributed by atoms with Gasteiger partial charge in [-0.2, -0.15) is 0 Å². The van der Waals surface area contributed by atoms with Crippen molar-refractivity contribution in [3.8, 4) is 0 Å². The van der Waals surface area contributed by atoms with Gasteiger partial charge in [-0.25, -0.2) is 0 Å². The highest BCUT2D eigenvalue weighted by Gasteiger charge is 2.46. The number of rotatable bonds is 2. The lowest BCUT2D eigenvalue weighted by Crippen LogP contribution is -2.30. The van der Waals surface area contributed by atoms with Crippen LogP contribution in [0.4, 0.5) is 0 Å². The van der Waals surface area contributed by atoms with Gasteiger partial charge in [0.1, 0.15) is 0 Å². The summed E-state index contributed by atoms with van der Waals surface area (Å²) in [6, 6.07) is 5.05. The van der Waals surface area contributed by atoms with E-state index in [1.807, 2.05) is 0 Å². The average molecular weight is 232 g/mol. The van der Waals surface area contributed by atoms with Crippen LogP contribution in [0.25, 0.3) is 0 Å². The number of aliphatic hydroxyl groups is 1. The molecule has 0 aromatic heterocycles. The van der Waals surface area contributed by atoms with Crippen LogP contribution in [0, 0.1) is 0 Å². The van der Waals surface area contributed by atoms with Crippen molar-refractivity contribution in [2.24, 2.45) is 5.73 Å². The number of hydrogen-bond donors (Lipinski definition) is 2. The summed E-state index contributed by atoms with van der Waals surface area (Å²) in [5.41, 5.74) is 6.08. The molecule has 0 spiro atoms. The Bertz CT molecular complexity index is 363. The normalized spacial score (nSPS) is 20.6. The van der Waals surface area contributed by atoms with Crippen molar-refractivity contribution in [2.45, 2.75) is 24.5 Å². The standard InChI is InChI=1S/C10H11Cl2NO/c11-6-1-2-7(8(12)5-6)9(14)10(13)3-4-10/h1-2,5,9,14H,3-4,13H2. The summed E-state index contributed by atoms with van der Waals surface area (Å²) in [6.45, 7) is 0. The summed E-state index contributed by atoms with van der Waals surface area (Å²) in [6.07, 6.45) is 0.993. The van der Waals surface area contributed by atoms with Gasteiger partial charge in [0, 0.05) is 21.1 Å². The third-order valence-electron chi connectivity index (χ3n) is 2.63. The van der Waals surface area contributed by atoms with Crippen molar-refractivity contribution in [1.29, 1.82) is 0 Å². The van der Waals surface area contributed by atoms with Crippen LogP contribution in [0.15, 0.2) is 18.2 Å². The van der Waals surface area contributed by atoms with E-state index in [1.165, 1.54) is 0 Å². The lowest BCUT2D eigenvalue weighted by molar-refractivity contribution is 0.136. The van der Waals surface area contributed by atoms with Crippen LogP contribution >= 0.6 is 23.2 Å². The molecule has 1 atom stereocenters. The Morgan fingerprint density at radius 2 is 2.00 bits per heavy atom. The minimum Gasteiger partial charge on any atom is -0.386 e. The SMILES string of the molecule is NC1(C(O)c2ccc(Cl)cc2Cl)CC1. The van der Waals surface area contributed by atoms with E-state index >= 15 is 0 Å². The van der Waals surface area contributed by atoms with E-state index in [0.717, 1.165) is 12.8 Å². The first-order valence-corrected chi connectivity index (χ1v) is 5.20. The fraction of sp³-hybridized carbons (Fsp3) is 0.400. The molecule has 76 valence electrons. The maximum Gasteiger partial charge on any atom is 0.0983 e. The topological polar surface area (TPSA) is 46.2 Å². The zero-order valence-corrected chi connectivity index (χ0v) is 9.02. The average Bonchev–Trinajstić information content (AvgIpc) is 2.84. The Morgan fingerprint density at radius 1 is 1.36 bits per heavy atom. The molecule has 1 unspecified atom stereocenters. The summed E-state index contributed by atoms with van der Waals surface area (Å²) in [5, 5.41) is 11.0. The molecule has 0 heterocycles. The van der Waals surface area contributed by atoms with Crippen molar-refractivity contribution in [3.05, 3.63) is 33.8 Å². The maximum absolute atomic E-state index is 9.94. The van der Waals surface area contributed by atoms with Crippen molar-refractivity contribution in [2.75, 3.05) is 0 Å². The molecule has 0 amide bonds. The van der Waals surface area contributed by atoms with Crippen LogP contribution in [0.2, 0.25) is 10.0 Å². The fourth-order valence-corrected chi connectivity index (χ4v) is 1.96. The molecule has 2 nitrogen and oxygen atoms in total. The van der Waals surface area contributed by atoms with Crippen LogP contribution in [-0.2, 0) is 0 Å². The van der Waals surface area contributed by atoms with E-state index in [2.05, 4.69) is 0 Å². The molecule has 0 aliphatic heterocycles. The largest absolute Gasteiger partial charge is 0.386 e. The molecule has 2 rings (SSSR count). The molecular formula is C10H11Cl2NO. The maximum atomic E-state index is 9.94. The highest BCUT2D eigenvalue weighted by molar-refractivity contribution is 6.35. The summed E-state index contributed by atoms with van der Waals surface area (Å²) in [4.78, 5) is 0. The predicted molar refractivity (Wildman–Crippen MR) is 57.6 cm³/mol. The van der Waals surface area contributed by atoms with E-state index in [9.17, 15) is 5.11 Å². The summed E-state index contributed by atoms with van der Waals surface area (Å²) >= 11 is 11.7. The third kappa shape index (κ3) is 1.75. The van der Waals surface area contributed by atoms with Gasteiger partial charge < -0.3 is 10.8 Å². The first kappa shape index (κ1) is 10.2. The van der Waals surface area contributed by atoms with Gasteiger partial charge in [-0.1, -0.05) is 29.3 Å². The van der Waals surface area contributed by atoms with Gasteiger partial charge in [0.15, 0.2) is 0 Å². The first-order valence-electron chi connectivity index (χ1n) is 4.45. The zero-order valence-electron chi connectivity index (χ0n) is 7.50. The Morgan fingerprint density at radius 3 is 2.50 bits per heavy atom. The monoisotopic (exact) mass is 231 g/mol. The number of nitrogens with two attached hydrogens (primary N) is 1. The second-order valence-corrected chi connectivity index (χ2v) is 4.65. The molecule has 1 fully saturated rings. The Balaban J connectivity index is 2.32. The molecule has 3 N–H and O–H groups in total. The lowest BCUT2D eigenvalue weighted by Gasteiger charge is -2.19. The summed E-state index contributed by atoms with van der Waals surface area (Å²) in [7, 11) is 0. The molecule has 14 heavy (non-hydrogen) atoms. The van der Waals surface area contributed by atoms with E-state index in [0.29, 0.717) is 15.6 Å². The van der Waals surface area contributed by atoms with Crippen molar-refractivity contribution in [1.82, 2.24) is 0 Å². The third-order valence-corrected chi connectivity index (χ3v) is 3.19. The second kappa shape index (κ2) is 3.38. The molecule has 1 aromatic carbocycles. The van der Waals surface area contributed by atoms with Gasteiger partial charge in [-0.15, -0.1) is 0 Å². The van der Waals surface area contributed by atoms with Crippen LogP contribution < -0.4 is 5.73 Å². The molecule has 0 radical (unpaired) electrons. The van der Waals surface area contributed by atoms with Gasteiger partial charge in [0.25, 0.3) is 0 Å². The highest BCUT2D eigenvalue weighted by atomic mass is 35.5.